The molecule has 0 amide bonds. The third-order valence-corrected chi connectivity index (χ3v) is 5.67. The fourth-order valence-corrected chi connectivity index (χ4v) is 4.37. The van der Waals surface area contributed by atoms with E-state index in [1.807, 2.05) is 12.1 Å². The van der Waals surface area contributed by atoms with Gasteiger partial charge in [-0.05, 0) is 30.2 Å². The van der Waals surface area contributed by atoms with E-state index in [1.165, 1.54) is 4.31 Å². The van der Waals surface area contributed by atoms with Crippen LogP contribution in [0.3, 0.4) is 0 Å². The van der Waals surface area contributed by atoms with Crippen molar-refractivity contribution in [2.75, 3.05) is 32.8 Å². The maximum atomic E-state index is 12.7. The molecular weight excluding hydrogens is 264 g/mol. The predicted octanol–water partition coefficient (Wildman–Crippen LogP) is 0.353. The maximum Gasteiger partial charge on any atom is 0.243 e. The van der Waals surface area contributed by atoms with E-state index in [-0.39, 0.29) is 0 Å². The Labute approximate surface area is 113 Å². The van der Waals surface area contributed by atoms with E-state index in [9.17, 15) is 8.42 Å². The van der Waals surface area contributed by atoms with E-state index in [4.69, 9.17) is 4.74 Å². The van der Waals surface area contributed by atoms with Crippen molar-refractivity contribution < 1.29 is 13.2 Å². The van der Waals surface area contributed by atoms with E-state index in [2.05, 4.69) is 5.32 Å². The summed E-state index contributed by atoms with van der Waals surface area (Å²) in [6, 6.07) is 5.56. The lowest BCUT2D eigenvalue weighted by Crippen LogP contribution is -2.41. The maximum absolute atomic E-state index is 12.7. The van der Waals surface area contributed by atoms with E-state index in [1.54, 1.807) is 6.07 Å². The van der Waals surface area contributed by atoms with Crippen LogP contribution in [0.15, 0.2) is 23.1 Å². The molecule has 1 N–H and O–H groups in total. The number of ether oxygens (including phenoxy) is 1. The van der Waals surface area contributed by atoms with Gasteiger partial charge in [0.1, 0.15) is 0 Å². The van der Waals surface area contributed by atoms with Crippen molar-refractivity contribution in [2.24, 2.45) is 0 Å². The highest BCUT2D eigenvalue weighted by Gasteiger charge is 2.29. The summed E-state index contributed by atoms with van der Waals surface area (Å²) in [5.74, 6) is 0. The Morgan fingerprint density at radius 2 is 2.00 bits per heavy atom. The first-order valence-electron chi connectivity index (χ1n) is 6.59. The average molecular weight is 282 g/mol. The Morgan fingerprint density at radius 1 is 1.21 bits per heavy atom. The van der Waals surface area contributed by atoms with E-state index < -0.39 is 10.0 Å². The molecule has 0 atom stereocenters. The van der Waals surface area contributed by atoms with Gasteiger partial charge in [0.2, 0.25) is 10.0 Å². The highest BCUT2D eigenvalue weighted by atomic mass is 32.2. The smallest absolute Gasteiger partial charge is 0.243 e. The van der Waals surface area contributed by atoms with Gasteiger partial charge in [-0.3, -0.25) is 0 Å². The second-order valence-corrected chi connectivity index (χ2v) is 6.74. The SMILES string of the molecule is O=S(=O)(c1cccc2c1CCNC2)N1CCOCC1. The van der Waals surface area contributed by atoms with Crippen molar-refractivity contribution in [1.82, 2.24) is 9.62 Å². The van der Waals surface area contributed by atoms with Crippen molar-refractivity contribution in [3.8, 4) is 0 Å². The largest absolute Gasteiger partial charge is 0.379 e. The van der Waals surface area contributed by atoms with Gasteiger partial charge in [0, 0.05) is 19.6 Å². The number of benzene rings is 1. The lowest BCUT2D eigenvalue weighted by molar-refractivity contribution is 0.0730. The molecule has 0 bridgehead atoms. The molecule has 6 heteroatoms. The van der Waals surface area contributed by atoms with Crippen LogP contribution in [0.5, 0.6) is 0 Å². The molecule has 104 valence electrons. The summed E-state index contributed by atoms with van der Waals surface area (Å²) in [6.07, 6.45) is 0.773. The first kappa shape index (κ1) is 13.1. The van der Waals surface area contributed by atoms with Crippen LogP contribution in [0.4, 0.5) is 0 Å². The number of morpholine rings is 1. The van der Waals surface area contributed by atoms with Crippen molar-refractivity contribution in [3.63, 3.8) is 0 Å². The van der Waals surface area contributed by atoms with E-state index in [0.717, 1.165) is 30.6 Å². The standard InChI is InChI=1S/C13H18N2O3S/c16-19(17,15-6-8-18-9-7-15)13-3-1-2-11-10-14-5-4-12(11)13/h1-3,14H,4-10H2. The summed E-state index contributed by atoms with van der Waals surface area (Å²) in [7, 11) is -3.38. The summed E-state index contributed by atoms with van der Waals surface area (Å²) in [5.41, 5.74) is 2.08. The van der Waals surface area contributed by atoms with Gasteiger partial charge in [0.25, 0.3) is 0 Å². The van der Waals surface area contributed by atoms with Crippen LogP contribution in [0.1, 0.15) is 11.1 Å². The fourth-order valence-electron chi connectivity index (χ4n) is 2.66. The van der Waals surface area contributed by atoms with Crippen LogP contribution in [-0.2, 0) is 27.7 Å². The van der Waals surface area contributed by atoms with Gasteiger partial charge in [0.05, 0.1) is 18.1 Å². The zero-order valence-corrected chi connectivity index (χ0v) is 11.6. The Kier molecular flexibility index (Phi) is 3.58. The molecule has 19 heavy (non-hydrogen) atoms. The highest BCUT2D eigenvalue weighted by Crippen LogP contribution is 2.26. The van der Waals surface area contributed by atoms with Crippen LogP contribution in [0.25, 0.3) is 0 Å². The molecule has 1 aromatic carbocycles. The van der Waals surface area contributed by atoms with Gasteiger partial charge in [0.15, 0.2) is 0 Å². The lowest BCUT2D eigenvalue weighted by atomic mass is 10.0. The topological polar surface area (TPSA) is 58.6 Å². The zero-order valence-electron chi connectivity index (χ0n) is 10.8. The third kappa shape index (κ3) is 2.41. The molecule has 2 heterocycles. The van der Waals surface area contributed by atoms with Crippen molar-refractivity contribution in [2.45, 2.75) is 17.9 Å². The molecule has 1 fully saturated rings. The first-order chi connectivity index (χ1) is 9.19. The molecule has 0 spiro atoms. The van der Waals surface area contributed by atoms with Crippen LogP contribution in [-0.4, -0.2) is 45.6 Å². The highest BCUT2D eigenvalue weighted by molar-refractivity contribution is 7.89. The third-order valence-electron chi connectivity index (χ3n) is 3.69. The van der Waals surface area contributed by atoms with Gasteiger partial charge in [-0.1, -0.05) is 12.1 Å². The van der Waals surface area contributed by atoms with Crippen molar-refractivity contribution in [1.29, 1.82) is 0 Å². The summed E-state index contributed by atoms with van der Waals surface area (Å²) in [4.78, 5) is 0.480. The number of hydrogen-bond acceptors (Lipinski definition) is 4. The summed E-state index contributed by atoms with van der Waals surface area (Å²) in [6.45, 7) is 3.45. The van der Waals surface area contributed by atoms with Crippen LogP contribution in [0, 0.1) is 0 Å². The molecule has 0 unspecified atom stereocenters. The number of hydrogen-bond donors (Lipinski definition) is 1. The molecule has 0 radical (unpaired) electrons. The number of fused-ring (bicyclic) bond motifs is 1. The minimum atomic E-state index is -3.38. The van der Waals surface area contributed by atoms with Crippen molar-refractivity contribution >= 4 is 10.0 Å². The number of nitrogens with zero attached hydrogens (tertiary/aromatic N) is 1. The van der Waals surface area contributed by atoms with Gasteiger partial charge in [-0.2, -0.15) is 4.31 Å². The first-order valence-corrected chi connectivity index (χ1v) is 8.03. The molecule has 0 aromatic heterocycles. The Bertz CT molecular complexity index is 565. The van der Waals surface area contributed by atoms with Gasteiger partial charge in [-0.15, -0.1) is 0 Å². The number of rotatable bonds is 2. The minimum absolute atomic E-state index is 0.449. The Balaban J connectivity index is 2.01. The van der Waals surface area contributed by atoms with Crippen LogP contribution >= 0.6 is 0 Å². The van der Waals surface area contributed by atoms with Crippen LogP contribution in [0.2, 0.25) is 0 Å². The second-order valence-electron chi connectivity index (χ2n) is 4.84. The summed E-state index contributed by atoms with van der Waals surface area (Å²) in [5, 5.41) is 3.27. The Hall–Kier alpha value is -0.950. The molecule has 1 saturated heterocycles. The Morgan fingerprint density at radius 3 is 2.79 bits per heavy atom. The quantitative estimate of drug-likeness (QED) is 0.850. The molecular formula is C13H18N2O3S. The van der Waals surface area contributed by atoms with Gasteiger partial charge >= 0.3 is 0 Å². The molecule has 3 rings (SSSR count). The normalized spacial score (nSPS) is 21.1. The van der Waals surface area contributed by atoms with Crippen LogP contribution < -0.4 is 5.32 Å². The number of sulfonamides is 1. The zero-order chi connectivity index (χ0) is 13.3. The number of nitrogens with one attached hydrogen (secondary N) is 1. The fraction of sp³-hybridized carbons (Fsp3) is 0.538. The second kappa shape index (κ2) is 5.20. The molecule has 0 aliphatic carbocycles. The van der Waals surface area contributed by atoms with Gasteiger partial charge < -0.3 is 10.1 Å². The van der Waals surface area contributed by atoms with E-state index >= 15 is 0 Å². The van der Waals surface area contributed by atoms with Crippen molar-refractivity contribution in [3.05, 3.63) is 29.3 Å². The summed E-state index contributed by atoms with van der Waals surface area (Å²) >= 11 is 0. The summed E-state index contributed by atoms with van der Waals surface area (Å²) < 4.78 is 32.2. The lowest BCUT2D eigenvalue weighted by Gasteiger charge is -2.28. The molecule has 0 saturated carbocycles. The monoisotopic (exact) mass is 282 g/mol. The molecule has 5 nitrogen and oxygen atoms in total. The molecule has 1 aromatic rings. The average Bonchev–Trinajstić information content (AvgIpc) is 2.47. The van der Waals surface area contributed by atoms with E-state index in [0.29, 0.717) is 31.2 Å². The predicted molar refractivity (Wildman–Crippen MR) is 71.4 cm³/mol. The molecule has 2 aliphatic heterocycles. The van der Waals surface area contributed by atoms with Gasteiger partial charge in [-0.25, -0.2) is 8.42 Å². The minimum Gasteiger partial charge on any atom is -0.379 e. The molecule has 2 aliphatic rings.